The van der Waals surface area contributed by atoms with E-state index in [0.29, 0.717) is 6.42 Å². The van der Waals surface area contributed by atoms with E-state index in [1.54, 1.807) is 6.08 Å². The molecule has 0 aromatic heterocycles. The van der Waals surface area contributed by atoms with E-state index >= 15 is 0 Å². The standard InChI is InChI=1S/C83H153NO18/c1-3-5-7-9-11-13-15-17-19-21-23-25-26-27-28-29-30-31-32-33-34-35-36-37-38-39-40-41-43-45-47-49-51-53-55-57-59-61-71(89)84-66(67(88)60-58-56-54-52-50-48-46-44-42-24-22-20-18-16-14-12-10-8-6-4-2)65-97-81-77(95)74(92)79(69(63-86)99-81)102-83-78(96)75(93)80(70(64-87)100-83)101-82-76(94)73(91)72(90)68(62-85)98-82/h15,17,21,23,26-27,58,60,66-70,72-83,85-88,90-96H,3-14,16,18-20,22,24-25,28-57,59,61-65H2,1-2H3,(H,84,89)/b17-15-,23-21-,27-26-,60-58+. The van der Waals surface area contributed by atoms with Crippen molar-refractivity contribution in [3.8, 4) is 0 Å². The summed E-state index contributed by atoms with van der Waals surface area (Å²) in [5.41, 5.74) is 0. The minimum atomic E-state index is -1.98. The Bertz CT molecular complexity index is 2030. The van der Waals surface area contributed by atoms with Gasteiger partial charge in [-0.1, -0.05) is 326 Å². The van der Waals surface area contributed by atoms with Gasteiger partial charge in [0.25, 0.3) is 0 Å². The Hall–Kier alpha value is -2.25. The van der Waals surface area contributed by atoms with Gasteiger partial charge in [0.2, 0.25) is 5.91 Å². The highest BCUT2D eigenvalue weighted by Crippen LogP contribution is 2.33. The number of rotatable bonds is 67. The van der Waals surface area contributed by atoms with Crippen molar-refractivity contribution in [2.75, 3.05) is 26.4 Å². The number of hydrogen-bond donors (Lipinski definition) is 12. The summed E-state index contributed by atoms with van der Waals surface area (Å²) < 4.78 is 34.5. The van der Waals surface area contributed by atoms with Crippen LogP contribution in [0.2, 0.25) is 0 Å². The van der Waals surface area contributed by atoms with E-state index in [0.717, 1.165) is 57.8 Å². The second-order valence-electron chi connectivity index (χ2n) is 29.9. The topological polar surface area (TPSA) is 307 Å². The molecule has 3 saturated heterocycles. The smallest absolute Gasteiger partial charge is 0.220 e. The molecule has 0 aromatic carbocycles. The van der Waals surface area contributed by atoms with Gasteiger partial charge in [-0.3, -0.25) is 4.79 Å². The number of carbonyl (C=O) groups excluding carboxylic acids is 1. The summed E-state index contributed by atoms with van der Waals surface area (Å²) in [4.78, 5) is 13.5. The van der Waals surface area contributed by atoms with Crippen LogP contribution in [-0.2, 0) is 33.2 Å². The summed E-state index contributed by atoms with van der Waals surface area (Å²) in [6.07, 6.45) is 53.9. The monoisotopic (exact) mass is 1450 g/mol. The number of unbranched alkanes of at least 4 members (excludes halogenated alkanes) is 45. The van der Waals surface area contributed by atoms with Crippen LogP contribution in [0.5, 0.6) is 0 Å². The molecule has 0 saturated carbocycles. The van der Waals surface area contributed by atoms with Gasteiger partial charge in [-0.05, 0) is 57.8 Å². The minimum absolute atomic E-state index is 0.247. The number of nitrogens with one attached hydrogen (secondary N) is 1. The first-order valence-corrected chi connectivity index (χ1v) is 41.9. The van der Waals surface area contributed by atoms with Crippen molar-refractivity contribution in [2.45, 2.75) is 446 Å². The van der Waals surface area contributed by atoms with Crippen molar-refractivity contribution in [1.29, 1.82) is 0 Å². The maximum absolute atomic E-state index is 13.5. The first-order chi connectivity index (χ1) is 49.8. The van der Waals surface area contributed by atoms with Gasteiger partial charge in [0.15, 0.2) is 18.9 Å². The predicted octanol–water partition coefficient (Wildman–Crippen LogP) is 14.5. The van der Waals surface area contributed by atoms with Crippen molar-refractivity contribution in [2.24, 2.45) is 0 Å². The first kappa shape index (κ1) is 94.0. The van der Waals surface area contributed by atoms with Gasteiger partial charge >= 0.3 is 0 Å². The molecule has 0 radical (unpaired) electrons. The zero-order chi connectivity index (χ0) is 73.9. The lowest BCUT2D eigenvalue weighted by Gasteiger charge is -2.48. The largest absolute Gasteiger partial charge is 0.394 e. The minimum Gasteiger partial charge on any atom is -0.394 e. The molecule has 0 aliphatic carbocycles. The molecule has 17 atom stereocenters. The van der Waals surface area contributed by atoms with Crippen molar-refractivity contribution in [3.63, 3.8) is 0 Å². The third kappa shape index (κ3) is 43.1. The summed E-state index contributed by atoms with van der Waals surface area (Å²) in [5, 5.41) is 121. The zero-order valence-electron chi connectivity index (χ0n) is 64.1. The molecule has 0 spiro atoms. The van der Waals surface area contributed by atoms with E-state index < -0.39 is 124 Å². The van der Waals surface area contributed by atoms with E-state index in [2.05, 4.69) is 55.6 Å². The van der Waals surface area contributed by atoms with Crippen molar-refractivity contribution >= 4 is 5.91 Å². The van der Waals surface area contributed by atoms with Gasteiger partial charge in [-0.2, -0.15) is 0 Å². The van der Waals surface area contributed by atoms with Gasteiger partial charge in [-0.25, -0.2) is 0 Å². The van der Waals surface area contributed by atoms with E-state index in [1.165, 1.54) is 257 Å². The molecule has 17 unspecified atom stereocenters. The normalized spacial score (nSPS) is 26.4. The van der Waals surface area contributed by atoms with Gasteiger partial charge < -0.3 is 89.9 Å². The van der Waals surface area contributed by atoms with Crippen LogP contribution in [0, 0.1) is 0 Å². The zero-order valence-corrected chi connectivity index (χ0v) is 64.1. The molecule has 102 heavy (non-hydrogen) atoms. The molecule has 3 fully saturated rings. The molecule has 0 aromatic rings. The maximum atomic E-state index is 13.5. The molecule has 3 heterocycles. The Morgan fingerprint density at radius 3 is 1.01 bits per heavy atom. The first-order valence-electron chi connectivity index (χ1n) is 41.9. The van der Waals surface area contributed by atoms with Crippen LogP contribution in [0.4, 0.5) is 0 Å². The highest BCUT2D eigenvalue weighted by molar-refractivity contribution is 5.76. The van der Waals surface area contributed by atoms with Crippen LogP contribution >= 0.6 is 0 Å². The Labute approximate surface area is 618 Å². The number of aliphatic hydroxyl groups excluding tert-OH is 11. The van der Waals surface area contributed by atoms with E-state index in [-0.39, 0.29) is 18.9 Å². The van der Waals surface area contributed by atoms with Crippen LogP contribution in [0.1, 0.15) is 341 Å². The Morgan fingerprint density at radius 2 is 0.647 bits per heavy atom. The van der Waals surface area contributed by atoms with Gasteiger partial charge in [-0.15, -0.1) is 0 Å². The van der Waals surface area contributed by atoms with E-state index in [4.69, 9.17) is 28.4 Å². The summed E-state index contributed by atoms with van der Waals surface area (Å²) in [7, 11) is 0. The lowest BCUT2D eigenvalue weighted by Crippen LogP contribution is -2.66. The lowest BCUT2D eigenvalue weighted by molar-refractivity contribution is -0.379. The average Bonchev–Trinajstić information content (AvgIpc) is 0.778. The summed E-state index contributed by atoms with van der Waals surface area (Å²) in [6, 6.07) is -0.973. The van der Waals surface area contributed by atoms with Gasteiger partial charge in [0, 0.05) is 6.42 Å². The SMILES string of the molecule is CCCCCCC/C=C\C/C=C\C/C=C\CCCCCCCCCCCCCCCCCCCCCCCCC(=O)NC(COC1OC(CO)C(OC2OC(CO)C(OC3OC(CO)C(O)C(O)C3O)C(O)C2O)C(O)C1O)C(O)/C=C/CCCCCCCCCCCCCCCCCCCC. The van der Waals surface area contributed by atoms with Gasteiger partial charge in [0.05, 0.1) is 38.6 Å². The Morgan fingerprint density at radius 1 is 0.353 bits per heavy atom. The number of carbonyl (C=O) groups is 1. The van der Waals surface area contributed by atoms with Gasteiger partial charge in [0.1, 0.15) is 73.2 Å². The lowest BCUT2D eigenvalue weighted by atomic mass is 9.96. The van der Waals surface area contributed by atoms with Crippen molar-refractivity contribution in [1.82, 2.24) is 5.32 Å². The average molecular weight is 1450 g/mol. The van der Waals surface area contributed by atoms with Crippen LogP contribution in [0.15, 0.2) is 48.6 Å². The molecule has 1 amide bonds. The van der Waals surface area contributed by atoms with Crippen LogP contribution in [0.25, 0.3) is 0 Å². The number of hydrogen-bond acceptors (Lipinski definition) is 18. The second-order valence-corrected chi connectivity index (χ2v) is 29.9. The molecule has 3 aliphatic rings. The summed E-state index contributed by atoms with van der Waals surface area (Å²) in [6.45, 7) is 1.77. The predicted molar refractivity (Wildman–Crippen MR) is 406 cm³/mol. The van der Waals surface area contributed by atoms with E-state index in [1.807, 2.05) is 6.08 Å². The number of aliphatic hydroxyl groups is 11. The molecule has 3 aliphatic heterocycles. The molecule has 19 heteroatoms. The highest BCUT2D eigenvalue weighted by Gasteiger charge is 2.54. The molecule has 598 valence electrons. The summed E-state index contributed by atoms with van der Waals surface area (Å²) >= 11 is 0. The third-order valence-corrected chi connectivity index (χ3v) is 20.9. The molecule has 3 rings (SSSR count). The Kier molecular flexibility index (Phi) is 58.6. The molecular weight excluding hydrogens is 1300 g/mol. The van der Waals surface area contributed by atoms with Crippen LogP contribution in [-0.4, -0.2) is 193 Å². The fraction of sp³-hybridized carbons (Fsp3) is 0.892. The quantitative estimate of drug-likeness (QED) is 0.0199. The highest BCUT2D eigenvalue weighted by atomic mass is 16.8. The molecule has 12 N–H and O–H groups in total. The second kappa shape index (κ2) is 63.7. The molecule has 0 bridgehead atoms. The fourth-order valence-electron chi connectivity index (χ4n) is 14.1. The maximum Gasteiger partial charge on any atom is 0.220 e. The molecule has 19 nitrogen and oxygen atoms in total. The van der Waals surface area contributed by atoms with Crippen LogP contribution < -0.4 is 5.32 Å². The Balaban J connectivity index is 1.32. The fourth-order valence-corrected chi connectivity index (χ4v) is 14.1. The third-order valence-electron chi connectivity index (χ3n) is 20.9. The number of allylic oxidation sites excluding steroid dienone is 7. The van der Waals surface area contributed by atoms with Crippen molar-refractivity contribution in [3.05, 3.63) is 48.6 Å². The molecular formula is C83H153NO18. The number of amides is 1. The van der Waals surface area contributed by atoms with Crippen LogP contribution in [0.3, 0.4) is 0 Å². The van der Waals surface area contributed by atoms with E-state index in [9.17, 15) is 61.0 Å². The number of ether oxygens (including phenoxy) is 6. The summed E-state index contributed by atoms with van der Waals surface area (Å²) in [5.74, 6) is -0.269. The van der Waals surface area contributed by atoms with Crippen molar-refractivity contribution < 1.29 is 89.4 Å².